The molecule has 0 N–H and O–H groups in total. The fraction of sp³-hybridized carbons (Fsp3) is 0.286. The number of fused-ring (bicyclic) bond motifs is 3. The highest BCUT2D eigenvalue weighted by atomic mass is 16.5. The molecule has 1 atom stereocenters. The van der Waals surface area contributed by atoms with E-state index in [2.05, 4.69) is 0 Å². The molecule has 0 radical (unpaired) electrons. The fourth-order valence-corrected chi connectivity index (χ4v) is 5.18. The minimum atomic E-state index is -1.03. The standard InChI is InChI=1S/C28H28N2O4/c1-18(2)34-22-13-10-20(11-14-22)26(31)29-15-16-30-27(32)23-7-5-6-8-24(23)28(29,30)21-12-9-19(3)25(17-21)33-4/h5-14,17-18H,15-16H2,1-4H3. The Morgan fingerprint density at radius 2 is 1.74 bits per heavy atom. The molecule has 1 unspecified atom stereocenters. The van der Waals surface area contributed by atoms with E-state index < -0.39 is 5.66 Å². The highest BCUT2D eigenvalue weighted by molar-refractivity contribution is 6.03. The van der Waals surface area contributed by atoms with Gasteiger partial charge in [-0.25, -0.2) is 0 Å². The number of hydrogen-bond acceptors (Lipinski definition) is 4. The van der Waals surface area contributed by atoms with Crippen LogP contribution in [0.3, 0.4) is 0 Å². The highest BCUT2D eigenvalue weighted by Gasteiger charge is 2.59. The van der Waals surface area contributed by atoms with Gasteiger partial charge in [-0.05, 0) is 62.7 Å². The monoisotopic (exact) mass is 456 g/mol. The van der Waals surface area contributed by atoms with Crippen LogP contribution in [0.1, 0.15) is 51.3 Å². The summed E-state index contributed by atoms with van der Waals surface area (Å²) in [7, 11) is 1.63. The fourth-order valence-electron chi connectivity index (χ4n) is 5.18. The van der Waals surface area contributed by atoms with Gasteiger partial charge in [-0.1, -0.05) is 30.3 Å². The summed E-state index contributed by atoms with van der Waals surface area (Å²) < 4.78 is 11.3. The third-order valence-electron chi connectivity index (χ3n) is 6.64. The van der Waals surface area contributed by atoms with Crippen molar-refractivity contribution < 1.29 is 19.1 Å². The average molecular weight is 457 g/mol. The molecule has 174 valence electrons. The Morgan fingerprint density at radius 1 is 1.00 bits per heavy atom. The molecule has 1 saturated heterocycles. The normalized spacial score (nSPS) is 18.8. The number of hydrogen-bond donors (Lipinski definition) is 0. The molecule has 2 amide bonds. The largest absolute Gasteiger partial charge is 0.496 e. The van der Waals surface area contributed by atoms with Crippen molar-refractivity contribution in [2.24, 2.45) is 0 Å². The minimum Gasteiger partial charge on any atom is -0.496 e. The quantitative estimate of drug-likeness (QED) is 0.563. The molecular weight excluding hydrogens is 428 g/mol. The second kappa shape index (κ2) is 8.20. The first kappa shape index (κ1) is 22.0. The van der Waals surface area contributed by atoms with E-state index in [1.807, 2.05) is 85.2 Å². The van der Waals surface area contributed by atoms with Gasteiger partial charge in [0.25, 0.3) is 11.8 Å². The van der Waals surface area contributed by atoms with Gasteiger partial charge in [0.15, 0.2) is 5.66 Å². The Hall–Kier alpha value is -3.80. The molecule has 3 aromatic carbocycles. The van der Waals surface area contributed by atoms with E-state index >= 15 is 0 Å². The number of benzene rings is 3. The molecule has 3 aromatic rings. The van der Waals surface area contributed by atoms with Crippen molar-refractivity contribution in [1.29, 1.82) is 0 Å². The molecule has 0 aromatic heterocycles. The zero-order valence-corrected chi connectivity index (χ0v) is 19.9. The smallest absolute Gasteiger partial charge is 0.256 e. The summed E-state index contributed by atoms with van der Waals surface area (Å²) in [6, 6.07) is 20.7. The van der Waals surface area contributed by atoms with Crippen molar-refractivity contribution in [2.45, 2.75) is 32.5 Å². The summed E-state index contributed by atoms with van der Waals surface area (Å²) in [5, 5.41) is 0. The Morgan fingerprint density at radius 3 is 2.44 bits per heavy atom. The SMILES string of the molecule is COc1cc(C23c4ccccc4C(=O)N2CCN3C(=O)c2ccc(OC(C)C)cc2)ccc1C. The van der Waals surface area contributed by atoms with E-state index in [1.54, 1.807) is 19.2 Å². The minimum absolute atomic E-state index is 0.0504. The van der Waals surface area contributed by atoms with Gasteiger partial charge in [0.2, 0.25) is 0 Å². The zero-order chi connectivity index (χ0) is 24.0. The summed E-state index contributed by atoms with van der Waals surface area (Å²) in [6.45, 7) is 6.78. The van der Waals surface area contributed by atoms with E-state index in [-0.39, 0.29) is 17.9 Å². The van der Waals surface area contributed by atoms with Crippen LogP contribution >= 0.6 is 0 Å². The summed E-state index contributed by atoms with van der Waals surface area (Å²) in [5.41, 5.74) is 2.78. The van der Waals surface area contributed by atoms with Gasteiger partial charge in [0, 0.05) is 35.3 Å². The molecule has 34 heavy (non-hydrogen) atoms. The van der Waals surface area contributed by atoms with Crippen molar-refractivity contribution in [1.82, 2.24) is 9.80 Å². The molecule has 2 aliphatic rings. The molecule has 0 aliphatic carbocycles. The lowest BCUT2D eigenvalue weighted by atomic mass is 9.88. The van der Waals surface area contributed by atoms with Gasteiger partial charge in [-0.3, -0.25) is 9.59 Å². The summed E-state index contributed by atoms with van der Waals surface area (Å²) >= 11 is 0. The van der Waals surface area contributed by atoms with E-state index in [0.29, 0.717) is 30.0 Å². The maximum Gasteiger partial charge on any atom is 0.256 e. The lowest BCUT2D eigenvalue weighted by Gasteiger charge is -2.40. The van der Waals surface area contributed by atoms with Gasteiger partial charge < -0.3 is 19.3 Å². The van der Waals surface area contributed by atoms with Gasteiger partial charge in [0.05, 0.1) is 13.2 Å². The number of rotatable bonds is 5. The van der Waals surface area contributed by atoms with Crippen molar-refractivity contribution >= 4 is 11.8 Å². The number of carbonyl (C=O) groups excluding carboxylic acids is 2. The number of nitrogens with zero attached hydrogens (tertiary/aromatic N) is 2. The number of ether oxygens (including phenoxy) is 2. The summed E-state index contributed by atoms with van der Waals surface area (Å²) in [6.07, 6.45) is 0.0504. The molecule has 1 fully saturated rings. The topological polar surface area (TPSA) is 59.1 Å². The molecule has 2 aliphatic heterocycles. The Kier molecular flexibility index (Phi) is 5.31. The number of aryl methyl sites for hydroxylation is 1. The third kappa shape index (κ3) is 3.16. The van der Waals surface area contributed by atoms with Crippen LogP contribution in [-0.4, -0.2) is 47.9 Å². The van der Waals surface area contributed by atoms with Crippen LogP contribution < -0.4 is 9.47 Å². The van der Waals surface area contributed by atoms with Crippen LogP contribution in [0.5, 0.6) is 11.5 Å². The van der Waals surface area contributed by atoms with Crippen molar-refractivity contribution in [3.05, 3.63) is 94.5 Å². The van der Waals surface area contributed by atoms with Crippen LogP contribution in [0.15, 0.2) is 66.7 Å². The zero-order valence-electron chi connectivity index (χ0n) is 19.9. The van der Waals surface area contributed by atoms with Gasteiger partial charge >= 0.3 is 0 Å². The summed E-state index contributed by atoms with van der Waals surface area (Å²) in [4.78, 5) is 31.1. The first-order chi connectivity index (χ1) is 16.4. The molecule has 5 rings (SSSR count). The van der Waals surface area contributed by atoms with Gasteiger partial charge in [0.1, 0.15) is 11.5 Å². The Labute approximate surface area is 199 Å². The van der Waals surface area contributed by atoms with E-state index in [4.69, 9.17) is 9.47 Å². The predicted octanol–water partition coefficient (Wildman–Crippen LogP) is 4.60. The first-order valence-corrected chi connectivity index (χ1v) is 11.5. The Balaban J connectivity index is 1.66. The maximum atomic E-state index is 14.0. The van der Waals surface area contributed by atoms with Crippen LogP contribution in [0, 0.1) is 6.92 Å². The Bertz CT molecular complexity index is 1270. The van der Waals surface area contributed by atoms with Crippen LogP contribution in [0.25, 0.3) is 0 Å². The first-order valence-electron chi connectivity index (χ1n) is 11.5. The number of amides is 2. The lowest BCUT2D eigenvalue weighted by molar-refractivity contribution is 0.0374. The average Bonchev–Trinajstić information content (AvgIpc) is 3.35. The van der Waals surface area contributed by atoms with Gasteiger partial charge in [-0.15, -0.1) is 0 Å². The molecule has 6 heteroatoms. The van der Waals surface area contributed by atoms with Crippen molar-refractivity contribution in [2.75, 3.05) is 20.2 Å². The second-order valence-electron chi connectivity index (χ2n) is 9.01. The number of carbonyl (C=O) groups is 2. The molecule has 0 spiro atoms. The van der Waals surface area contributed by atoms with Crippen LogP contribution in [0.4, 0.5) is 0 Å². The second-order valence-corrected chi connectivity index (χ2v) is 9.01. The predicted molar refractivity (Wildman–Crippen MR) is 129 cm³/mol. The van der Waals surface area contributed by atoms with Crippen LogP contribution in [0.2, 0.25) is 0 Å². The lowest BCUT2D eigenvalue weighted by Crippen LogP contribution is -2.51. The van der Waals surface area contributed by atoms with Crippen molar-refractivity contribution in [3.63, 3.8) is 0 Å². The van der Waals surface area contributed by atoms with E-state index in [0.717, 1.165) is 22.4 Å². The highest BCUT2D eigenvalue weighted by Crippen LogP contribution is 2.50. The molecule has 6 nitrogen and oxygen atoms in total. The molecule has 2 heterocycles. The van der Waals surface area contributed by atoms with Gasteiger partial charge in [-0.2, -0.15) is 0 Å². The summed E-state index contributed by atoms with van der Waals surface area (Å²) in [5.74, 6) is 1.24. The third-order valence-corrected chi connectivity index (χ3v) is 6.64. The molecule has 0 saturated carbocycles. The van der Waals surface area contributed by atoms with E-state index in [9.17, 15) is 9.59 Å². The number of methoxy groups -OCH3 is 1. The maximum absolute atomic E-state index is 14.0. The van der Waals surface area contributed by atoms with Crippen LogP contribution in [-0.2, 0) is 5.66 Å². The molecular formula is C28H28N2O4. The van der Waals surface area contributed by atoms with E-state index in [1.165, 1.54) is 0 Å². The van der Waals surface area contributed by atoms with Crippen molar-refractivity contribution in [3.8, 4) is 11.5 Å². The molecule has 0 bridgehead atoms.